The van der Waals surface area contributed by atoms with Crippen LogP contribution in [0.2, 0.25) is 0 Å². The maximum absolute atomic E-state index is 5.82. The summed E-state index contributed by atoms with van der Waals surface area (Å²) < 4.78 is 0. The molecule has 0 fully saturated rings. The van der Waals surface area contributed by atoms with E-state index in [1.807, 2.05) is 0 Å². The van der Waals surface area contributed by atoms with Gasteiger partial charge in [-0.2, -0.15) is 0 Å². The highest BCUT2D eigenvalue weighted by molar-refractivity contribution is 5.24. The molecule has 3 unspecified atom stereocenters. The quantitative estimate of drug-likeness (QED) is 0.521. The second-order valence-corrected chi connectivity index (χ2v) is 8.24. The molecular formula is C24H34. The Morgan fingerprint density at radius 1 is 1.00 bits per heavy atom. The standard InChI is InChI=1S/C24H34/c1-11-15-16-18-24(19-22(7,8)14-4,21(6)20(5)13-3)23(9,10)17-12-2/h2-4,20-21H,11,15,17,19H2,1,5-10H3. The van der Waals surface area contributed by atoms with E-state index >= 15 is 0 Å². The predicted molar refractivity (Wildman–Crippen MR) is 107 cm³/mol. The van der Waals surface area contributed by atoms with Crippen LogP contribution in [0.5, 0.6) is 0 Å². The highest BCUT2D eigenvalue weighted by Crippen LogP contribution is 2.55. The highest BCUT2D eigenvalue weighted by atomic mass is 14.5. The lowest BCUT2D eigenvalue weighted by Gasteiger charge is -2.50. The maximum atomic E-state index is 5.82. The van der Waals surface area contributed by atoms with Crippen LogP contribution in [0.15, 0.2) is 0 Å². The molecule has 0 saturated heterocycles. The van der Waals surface area contributed by atoms with Gasteiger partial charge in [0.2, 0.25) is 0 Å². The Kier molecular flexibility index (Phi) is 8.26. The summed E-state index contributed by atoms with van der Waals surface area (Å²) in [5.41, 5.74) is -0.771. The zero-order chi connectivity index (χ0) is 19.0. The van der Waals surface area contributed by atoms with E-state index in [1.165, 1.54) is 0 Å². The molecule has 0 N–H and O–H groups in total. The summed E-state index contributed by atoms with van der Waals surface area (Å²) in [4.78, 5) is 0. The third-order valence-corrected chi connectivity index (χ3v) is 5.34. The minimum absolute atomic E-state index is 0.103. The molecule has 24 heavy (non-hydrogen) atoms. The fourth-order valence-corrected chi connectivity index (χ4v) is 3.42. The summed E-state index contributed by atoms with van der Waals surface area (Å²) in [6.07, 6.45) is 20.6. The normalized spacial score (nSPS) is 16.3. The van der Waals surface area contributed by atoms with E-state index in [-0.39, 0.29) is 28.1 Å². The van der Waals surface area contributed by atoms with Crippen LogP contribution in [0.25, 0.3) is 0 Å². The van der Waals surface area contributed by atoms with Crippen LogP contribution < -0.4 is 0 Å². The molecule has 0 spiro atoms. The first-order valence-corrected chi connectivity index (χ1v) is 8.91. The smallest absolute Gasteiger partial charge is 0.0425 e. The SMILES string of the molecule is C#CCC(C)(C)C(C#CCCC)(CC(C)(C)C#C)C(C)C(C)C#C. The fraction of sp³-hybridized carbons (Fsp3) is 0.667. The molecule has 0 heterocycles. The Balaban J connectivity index is 6.46. The van der Waals surface area contributed by atoms with Gasteiger partial charge in [-0.05, 0) is 38.0 Å². The number of terminal acetylenes is 3. The van der Waals surface area contributed by atoms with E-state index in [2.05, 4.69) is 78.1 Å². The molecule has 0 aromatic heterocycles. The Morgan fingerprint density at radius 3 is 2.00 bits per heavy atom. The van der Waals surface area contributed by atoms with Crippen molar-refractivity contribution in [1.29, 1.82) is 0 Å². The summed E-state index contributed by atoms with van der Waals surface area (Å²) in [6.45, 7) is 15.1. The average molecular weight is 323 g/mol. The maximum Gasteiger partial charge on any atom is 0.0425 e. The Labute approximate surface area is 151 Å². The van der Waals surface area contributed by atoms with Crippen molar-refractivity contribution < 1.29 is 0 Å². The summed E-state index contributed by atoms with van der Waals surface area (Å²) in [5, 5.41) is 0. The summed E-state index contributed by atoms with van der Waals surface area (Å²) in [7, 11) is 0. The molecule has 0 bridgehead atoms. The molecule has 0 aliphatic heterocycles. The highest BCUT2D eigenvalue weighted by Gasteiger charge is 2.51. The molecule has 0 aromatic carbocycles. The van der Waals surface area contributed by atoms with Crippen LogP contribution in [0, 0.1) is 77.0 Å². The van der Waals surface area contributed by atoms with E-state index in [1.54, 1.807) is 0 Å². The van der Waals surface area contributed by atoms with E-state index in [0.717, 1.165) is 19.3 Å². The largest absolute Gasteiger partial charge is 0.120 e. The van der Waals surface area contributed by atoms with Gasteiger partial charge in [0, 0.05) is 29.6 Å². The molecular weight excluding hydrogens is 288 g/mol. The van der Waals surface area contributed by atoms with E-state index in [9.17, 15) is 0 Å². The van der Waals surface area contributed by atoms with Gasteiger partial charge in [-0.3, -0.25) is 0 Å². The van der Waals surface area contributed by atoms with Crippen LogP contribution in [-0.4, -0.2) is 0 Å². The predicted octanol–water partition coefficient (Wildman–Crippen LogP) is 5.78. The molecule has 0 aliphatic rings. The third-order valence-electron chi connectivity index (χ3n) is 5.34. The van der Waals surface area contributed by atoms with Gasteiger partial charge in [0.1, 0.15) is 0 Å². The minimum atomic E-state index is -0.323. The Bertz CT molecular complexity index is 585. The van der Waals surface area contributed by atoms with Gasteiger partial charge in [0.25, 0.3) is 0 Å². The number of hydrogen-bond acceptors (Lipinski definition) is 0. The lowest BCUT2D eigenvalue weighted by Crippen LogP contribution is -2.46. The van der Waals surface area contributed by atoms with Gasteiger partial charge < -0.3 is 0 Å². The topological polar surface area (TPSA) is 0 Å². The van der Waals surface area contributed by atoms with E-state index < -0.39 is 0 Å². The van der Waals surface area contributed by atoms with Gasteiger partial charge >= 0.3 is 0 Å². The molecule has 0 amide bonds. The van der Waals surface area contributed by atoms with Crippen LogP contribution in [0.3, 0.4) is 0 Å². The first-order chi connectivity index (χ1) is 11.0. The molecule has 0 rings (SSSR count). The monoisotopic (exact) mass is 322 g/mol. The van der Waals surface area contributed by atoms with Crippen molar-refractivity contribution in [2.24, 2.45) is 28.1 Å². The summed E-state index contributed by atoms with van der Waals surface area (Å²) in [5.74, 6) is 16.0. The average Bonchev–Trinajstić information content (AvgIpc) is 2.52. The Morgan fingerprint density at radius 2 is 1.58 bits per heavy atom. The zero-order valence-electron chi connectivity index (χ0n) is 16.7. The van der Waals surface area contributed by atoms with Crippen molar-refractivity contribution >= 4 is 0 Å². The van der Waals surface area contributed by atoms with Gasteiger partial charge in [-0.25, -0.2) is 0 Å². The molecule has 0 aromatic rings. The number of unbranched alkanes of at least 4 members (excludes halogenated alkanes) is 1. The molecule has 0 aliphatic carbocycles. The lowest BCUT2D eigenvalue weighted by molar-refractivity contribution is 0.0249. The van der Waals surface area contributed by atoms with Crippen LogP contribution in [-0.2, 0) is 0 Å². The van der Waals surface area contributed by atoms with Crippen molar-refractivity contribution in [2.75, 3.05) is 0 Å². The minimum Gasteiger partial charge on any atom is -0.120 e. The molecule has 130 valence electrons. The number of rotatable bonds is 7. The first kappa shape index (κ1) is 22.2. The summed E-state index contributed by atoms with van der Waals surface area (Å²) in [6, 6.07) is 0. The second kappa shape index (κ2) is 8.92. The molecule has 0 heteroatoms. The van der Waals surface area contributed by atoms with Gasteiger partial charge in [-0.1, -0.05) is 40.5 Å². The second-order valence-electron chi connectivity index (χ2n) is 8.24. The molecule has 0 nitrogen and oxygen atoms in total. The summed E-state index contributed by atoms with van der Waals surface area (Å²) >= 11 is 0. The van der Waals surface area contributed by atoms with Crippen LogP contribution >= 0.6 is 0 Å². The lowest BCUT2D eigenvalue weighted by atomic mass is 9.51. The van der Waals surface area contributed by atoms with Crippen molar-refractivity contribution in [3.8, 4) is 48.9 Å². The van der Waals surface area contributed by atoms with Gasteiger partial charge in [-0.15, -0.1) is 43.0 Å². The fourth-order valence-electron chi connectivity index (χ4n) is 3.42. The zero-order valence-corrected chi connectivity index (χ0v) is 16.7. The van der Waals surface area contributed by atoms with Crippen LogP contribution in [0.4, 0.5) is 0 Å². The molecule has 0 radical (unpaired) electrons. The molecule has 3 atom stereocenters. The third kappa shape index (κ3) is 5.12. The van der Waals surface area contributed by atoms with Crippen molar-refractivity contribution in [3.05, 3.63) is 0 Å². The van der Waals surface area contributed by atoms with Crippen LogP contribution in [0.1, 0.15) is 74.1 Å². The van der Waals surface area contributed by atoms with E-state index in [4.69, 9.17) is 19.3 Å². The van der Waals surface area contributed by atoms with Crippen molar-refractivity contribution in [1.82, 2.24) is 0 Å². The van der Waals surface area contributed by atoms with Crippen molar-refractivity contribution in [3.63, 3.8) is 0 Å². The van der Waals surface area contributed by atoms with Crippen molar-refractivity contribution in [2.45, 2.75) is 74.1 Å². The van der Waals surface area contributed by atoms with E-state index in [0.29, 0.717) is 6.42 Å². The van der Waals surface area contributed by atoms with Gasteiger partial charge in [0.05, 0.1) is 0 Å². The number of hydrogen-bond donors (Lipinski definition) is 0. The molecule has 0 saturated carbocycles. The Hall–Kier alpha value is -1.76. The first-order valence-electron chi connectivity index (χ1n) is 8.91. The van der Waals surface area contributed by atoms with Gasteiger partial charge in [0.15, 0.2) is 0 Å².